The van der Waals surface area contributed by atoms with Crippen molar-refractivity contribution in [2.45, 2.75) is 24.3 Å². The summed E-state index contributed by atoms with van der Waals surface area (Å²) in [4.78, 5) is 12.8. The number of hydrogen-bond acceptors (Lipinski definition) is 5. The highest BCUT2D eigenvalue weighted by molar-refractivity contribution is 7.99. The minimum absolute atomic E-state index is 0.0853. The monoisotopic (exact) mass is 310 g/mol. The van der Waals surface area contributed by atoms with E-state index in [0.717, 1.165) is 22.1 Å². The van der Waals surface area contributed by atoms with Gasteiger partial charge in [-0.05, 0) is 32.2 Å². The molecule has 0 radical (unpaired) electrons. The summed E-state index contributed by atoms with van der Waals surface area (Å²) in [6.07, 6.45) is 0.509. The summed E-state index contributed by atoms with van der Waals surface area (Å²) in [6, 6.07) is 6.18. The van der Waals surface area contributed by atoms with Crippen molar-refractivity contribution in [3.8, 4) is 11.5 Å². The first-order valence-electron chi connectivity index (χ1n) is 7.15. The number of ether oxygens (including phenoxy) is 2. The van der Waals surface area contributed by atoms with Crippen LogP contribution in [0.15, 0.2) is 23.1 Å². The van der Waals surface area contributed by atoms with Gasteiger partial charge in [-0.2, -0.15) is 0 Å². The lowest BCUT2D eigenvalue weighted by Gasteiger charge is -2.18. The third-order valence-corrected chi connectivity index (χ3v) is 4.21. The number of thioether (sulfide) groups is 1. The van der Waals surface area contributed by atoms with E-state index >= 15 is 0 Å². The SMILES string of the molecule is CNC(C)CNC(=O)CCSc1ccc2c(c1)OCCO2. The quantitative estimate of drug-likeness (QED) is 0.750. The van der Waals surface area contributed by atoms with Gasteiger partial charge in [-0.3, -0.25) is 4.79 Å². The zero-order valence-electron chi connectivity index (χ0n) is 12.5. The molecule has 0 saturated heterocycles. The summed E-state index contributed by atoms with van der Waals surface area (Å²) in [5.74, 6) is 2.42. The molecule has 0 bridgehead atoms. The smallest absolute Gasteiger partial charge is 0.220 e. The number of benzene rings is 1. The fraction of sp³-hybridized carbons (Fsp3) is 0.533. The molecule has 116 valence electrons. The number of carbonyl (C=O) groups excluding carboxylic acids is 1. The molecule has 5 nitrogen and oxygen atoms in total. The minimum atomic E-state index is 0.0853. The van der Waals surface area contributed by atoms with Crippen molar-refractivity contribution in [3.05, 3.63) is 18.2 Å². The Morgan fingerprint density at radius 1 is 1.33 bits per heavy atom. The molecule has 1 amide bonds. The Labute approximate surface area is 129 Å². The summed E-state index contributed by atoms with van der Waals surface area (Å²) >= 11 is 1.65. The summed E-state index contributed by atoms with van der Waals surface area (Å²) in [5.41, 5.74) is 0. The van der Waals surface area contributed by atoms with Crippen LogP contribution in [-0.2, 0) is 4.79 Å². The maximum Gasteiger partial charge on any atom is 0.220 e. The number of rotatable bonds is 7. The molecule has 1 aliphatic rings. The van der Waals surface area contributed by atoms with E-state index in [1.165, 1.54) is 0 Å². The van der Waals surface area contributed by atoms with Crippen LogP contribution in [-0.4, -0.2) is 44.5 Å². The lowest BCUT2D eigenvalue weighted by Crippen LogP contribution is -2.37. The lowest BCUT2D eigenvalue weighted by molar-refractivity contribution is -0.120. The Morgan fingerprint density at radius 2 is 2.10 bits per heavy atom. The molecule has 0 spiro atoms. The number of hydrogen-bond donors (Lipinski definition) is 2. The fourth-order valence-electron chi connectivity index (χ4n) is 1.83. The van der Waals surface area contributed by atoms with E-state index in [4.69, 9.17) is 9.47 Å². The molecule has 1 aromatic rings. The average Bonchev–Trinajstić information content (AvgIpc) is 2.52. The van der Waals surface area contributed by atoms with E-state index in [-0.39, 0.29) is 5.91 Å². The van der Waals surface area contributed by atoms with Gasteiger partial charge in [-0.25, -0.2) is 0 Å². The number of fused-ring (bicyclic) bond motifs is 1. The molecule has 1 aromatic carbocycles. The Kier molecular flexibility index (Phi) is 6.20. The van der Waals surface area contributed by atoms with E-state index in [1.54, 1.807) is 11.8 Å². The van der Waals surface area contributed by atoms with Gasteiger partial charge >= 0.3 is 0 Å². The molecular weight excluding hydrogens is 288 g/mol. The van der Waals surface area contributed by atoms with Crippen LogP contribution in [0.25, 0.3) is 0 Å². The molecule has 0 aromatic heterocycles. The predicted octanol–water partition coefficient (Wildman–Crippen LogP) is 1.66. The van der Waals surface area contributed by atoms with Gasteiger partial charge in [0.05, 0.1) is 0 Å². The number of amides is 1. The van der Waals surface area contributed by atoms with Crippen molar-refractivity contribution in [2.24, 2.45) is 0 Å². The maximum atomic E-state index is 11.7. The highest BCUT2D eigenvalue weighted by Crippen LogP contribution is 2.34. The largest absolute Gasteiger partial charge is 0.486 e. The zero-order chi connectivity index (χ0) is 15.1. The molecule has 1 atom stereocenters. The molecule has 1 aliphatic heterocycles. The Bertz CT molecular complexity index is 482. The van der Waals surface area contributed by atoms with Crippen molar-refractivity contribution < 1.29 is 14.3 Å². The predicted molar refractivity (Wildman–Crippen MR) is 84.3 cm³/mol. The van der Waals surface area contributed by atoms with Gasteiger partial charge < -0.3 is 20.1 Å². The van der Waals surface area contributed by atoms with Crippen LogP contribution in [0.1, 0.15) is 13.3 Å². The molecule has 6 heteroatoms. The van der Waals surface area contributed by atoms with Crippen molar-refractivity contribution in [2.75, 3.05) is 32.6 Å². The molecular formula is C15H22N2O3S. The minimum Gasteiger partial charge on any atom is -0.486 e. The van der Waals surface area contributed by atoms with Crippen LogP contribution in [0.2, 0.25) is 0 Å². The van der Waals surface area contributed by atoms with Gasteiger partial charge in [-0.15, -0.1) is 11.8 Å². The van der Waals surface area contributed by atoms with E-state index in [9.17, 15) is 4.79 Å². The lowest BCUT2D eigenvalue weighted by atomic mass is 10.3. The van der Waals surface area contributed by atoms with Gasteiger partial charge in [0.15, 0.2) is 11.5 Å². The summed E-state index contributed by atoms with van der Waals surface area (Å²) in [7, 11) is 1.88. The second-order valence-electron chi connectivity index (χ2n) is 4.90. The van der Waals surface area contributed by atoms with Gasteiger partial charge in [0, 0.05) is 29.7 Å². The second-order valence-corrected chi connectivity index (χ2v) is 6.07. The third-order valence-electron chi connectivity index (χ3n) is 3.21. The molecule has 2 rings (SSSR count). The van der Waals surface area contributed by atoms with Crippen LogP contribution in [0, 0.1) is 0 Å². The molecule has 0 fully saturated rings. The second kappa shape index (κ2) is 8.14. The van der Waals surface area contributed by atoms with Crippen LogP contribution in [0.5, 0.6) is 11.5 Å². The molecule has 0 aliphatic carbocycles. The Morgan fingerprint density at radius 3 is 2.86 bits per heavy atom. The number of nitrogens with one attached hydrogen (secondary N) is 2. The number of likely N-dealkylation sites (N-methyl/N-ethyl adjacent to an activating group) is 1. The Hall–Kier alpha value is -1.40. The van der Waals surface area contributed by atoms with Crippen LogP contribution in [0.3, 0.4) is 0 Å². The Balaban J connectivity index is 1.72. The molecule has 21 heavy (non-hydrogen) atoms. The van der Waals surface area contributed by atoms with E-state index in [1.807, 2.05) is 32.2 Å². The van der Waals surface area contributed by atoms with E-state index in [0.29, 0.717) is 32.2 Å². The van der Waals surface area contributed by atoms with E-state index in [2.05, 4.69) is 10.6 Å². The highest BCUT2D eigenvalue weighted by atomic mass is 32.2. The third kappa shape index (κ3) is 5.13. The zero-order valence-corrected chi connectivity index (χ0v) is 13.3. The topological polar surface area (TPSA) is 59.6 Å². The van der Waals surface area contributed by atoms with Crippen LogP contribution < -0.4 is 20.1 Å². The van der Waals surface area contributed by atoms with Gasteiger partial charge in [0.25, 0.3) is 0 Å². The molecule has 1 unspecified atom stereocenters. The van der Waals surface area contributed by atoms with Crippen LogP contribution in [0.4, 0.5) is 0 Å². The fourth-order valence-corrected chi connectivity index (χ4v) is 2.71. The molecule has 2 N–H and O–H groups in total. The van der Waals surface area contributed by atoms with Gasteiger partial charge in [0.1, 0.15) is 13.2 Å². The summed E-state index contributed by atoms with van der Waals surface area (Å²) in [6.45, 7) is 3.88. The van der Waals surface area contributed by atoms with Gasteiger partial charge in [0.2, 0.25) is 5.91 Å². The van der Waals surface area contributed by atoms with Crippen molar-refractivity contribution in [1.29, 1.82) is 0 Å². The summed E-state index contributed by atoms with van der Waals surface area (Å²) < 4.78 is 11.0. The maximum absolute atomic E-state index is 11.7. The van der Waals surface area contributed by atoms with Crippen molar-refractivity contribution in [3.63, 3.8) is 0 Å². The standard InChI is InChI=1S/C15H22N2O3S/c1-11(16-2)10-17-15(18)5-8-21-12-3-4-13-14(9-12)20-7-6-19-13/h3-4,9,11,16H,5-8,10H2,1-2H3,(H,17,18). The van der Waals surface area contributed by atoms with Crippen LogP contribution >= 0.6 is 11.8 Å². The first-order chi connectivity index (χ1) is 10.2. The normalized spacial score (nSPS) is 14.6. The highest BCUT2D eigenvalue weighted by Gasteiger charge is 2.12. The first kappa shape index (κ1) is 16.0. The molecule has 0 saturated carbocycles. The first-order valence-corrected chi connectivity index (χ1v) is 8.14. The average molecular weight is 310 g/mol. The molecule has 1 heterocycles. The van der Waals surface area contributed by atoms with E-state index < -0.39 is 0 Å². The summed E-state index contributed by atoms with van der Waals surface area (Å²) in [5, 5.41) is 6.00. The van der Waals surface area contributed by atoms with Gasteiger partial charge in [-0.1, -0.05) is 0 Å². The van der Waals surface area contributed by atoms with Crippen molar-refractivity contribution in [1.82, 2.24) is 10.6 Å². The number of carbonyl (C=O) groups is 1. The van der Waals surface area contributed by atoms with Crippen molar-refractivity contribution >= 4 is 17.7 Å².